The Morgan fingerprint density at radius 2 is 1.85 bits per heavy atom. The van der Waals surface area contributed by atoms with Gasteiger partial charge in [-0.15, -0.1) is 10.2 Å². The van der Waals surface area contributed by atoms with E-state index in [1.54, 1.807) is 0 Å². The first kappa shape index (κ1) is 9.79. The van der Waals surface area contributed by atoms with Crippen LogP contribution in [-0.2, 0) is 5.54 Å². The van der Waals surface area contributed by atoms with Gasteiger partial charge in [0.15, 0.2) is 5.82 Å². The minimum Gasteiger partial charge on any atom is -0.366 e. The summed E-state index contributed by atoms with van der Waals surface area (Å²) in [6.45, 7) is 3.96. The maximum atomic E-state index is 6.07. The molecule has 1 aromatic rings. The number of aromatic nitrogens is 3. The molecule has 6 N–H and O–H groups in total. The minimum absolute atomic E-state index is 0.187. The molecule has 74 valence electrons. The van der Waals surface area contributed by atoms with Gasteiger partial charge in [0.25, 0.3) is 0 Å². The smallest absolute Gasteiger partial charge is 0.240 e. The van der Waals surface area contributed by atoms with E-state index in [0.29, 0.717) is 5.82 Å². The highest BCUT2D eigenvalue weighted by Gasteiger charge is 2.29. The molecule has 1 aromatic heterocycles. The lowest BCUT2D eigenvalue weighted by atomic mass is 9.93. The molecule has 0 spiro atoms. The molecule has 0 aliphatic carbocycles. The zero-order valence-corrected chi connectivity index (χ0v) is 7.99. The van der Waals surface area contributed by atoms with Crippen LogP contribution in [-0.4, -0.2) is 14.9 Å². The summed E-state index contributed by atoms with van der Waals surface area (Å²) in [5.74, 6) is 6.35. The van der Waals surface area contributed by atoms with Crippen molar-refractivity contribution in [2.24, 2.45) is 5.73 Å². The number of rotatable bonds is 3. The minimum atomic E-state index is -0.528. The van der Waals surface area contributed by atoms with Crippen molar-refractivity contribution in [3.05, 3.63) is 5.82 Å². The first-order chi connectivity index (χ1) is 6.05. The third-order valence-corrected chi connectivity index (χ3v) is 2.43. The molecule has 0 unspecified atom stereocenters. The predicted octanol–water partition coefficient (Wildman–Crippen LogP) is -0.452. The molecule has 0 atom stereocenters. The van der Waals surface area contributed by atoms with Gasteiger partial charge in [0.2, 0.25) is 5.95 Å². The molecule has 0 saturated heterocycles. The Kier molecular flexibility index (Phi) is 2.42. The van der Waals surface area contributed by atoms with Crippen molar-refractivity contribution >= 4 is 5.95 Å². The van der Waals surface area contributed by atoms with Crippen molar-refractivity contribution < 1.29 is 0 Å². The topological polar surface area (TPSA) is 109 Å². The first-order valence-corrected chi connectivity index (χ1v) is 4.30. The number of hydrogen-bond donors (Lipinski definition) is 3. The zero-order valence-electron chi connectivity index (χ0n) is 7.99. The lowest BCUT2D eigenvalue weighted by Gasteiger charge is -2.24. The SMILES string of the molecule is CCC(N)(CC)c1nnc(N)n1N. The number of nitrogens with zero attached hydrogens (tertiary/aromatic N) is 3. The second-order valence-corrected chi connectivity index (χ2v) is 3.12. The van der Waals surface area contributed by atoms with Gasteiger partial charge in [-0.2, -0.15) is 0 Å². The summed E-state index contributed by atoms with van der Waals surface area (Å²) in [5.41, 5.74) is 11.0. The highest BCUT2D eigenvalue weighted by atomic mass is 15.5. The Labute approximate surface area is 77.1 Å². The Balaban J connectivity index is 3.12. The van der Waals surface area contributed by atoms with E-state index >= 15 is 0 Å². The van der Waals surface area contributed by atoms with Gasteiger partial charge >= 0.3 is 0 Å². The van der Waals surface area contributed by atoms with E-state index in [2.05, 4.69) is 10.2 Å². The van der Waals surface area contributed by atoms with Crippen LogP contribution in [0.1, 0.15) is 32.5 Å². The van der Waals surface area contributed by atoms with Crippen LogP contribution in [0, 0.1) is 0 Å². The van der Waals surface area contributed by atoms with Crippen LogP contribution in [0.25, 0.3) is 0 Å². The molecule has 0 aromatic carbocycles. The van der Waals surface area contributed by atoms with Gasteiger partial charge in [0, 0.05) is 0 Å². The third kappa shape index (κ3) is 1.44. The van der Waals surface area contributed by atoms with E-state index < -0.39 is 5.54 Å². The van der Waals surface area contributed by atoms with Gasteiger partial charge in [-0.25, -0.2) is 4.68 Å². The van der Waals surface area contributed by atoms with E-state index in [-0.39, 0.29) is 5.95 Å². The van der Waals surface area contributed by atoms with Crippen LogP contribution in [0.3, 0.4) is 0 Å². The van der Waals surface area contributed by atoms with Crippen LogP contribution in [0.4, 0.5) is 5.95 Å². The summed E-state index contributed by atoms with van der Waals surface area (Å²) in [6, 6.07) is 0. The molecule has 0 radical (unpaired) electrons. The molecule has 0 aliphatic heterocycles. The molecule has 0 saturated carbocycles. The van der Waals surface area contributed by atoms with Gasteiger partial charge < -0.3 is 17.3 Å². The van der Waals surface area contributed by atoms with E-state index in [9.17, 15) is 0 Å². The van der Waals surface area contributed by atoms with Crippen molar-refractivity contribution in [1.82, 2.24) is 14.9 Å². The van der Waals surface area contributed by atoms with Crippen molar-refractivity contribution in [3.8, 4) is 0 Å². The summed E-state index contributed by atoms with van der Waals surface area (Å²) in [6.07, 6.45) is 1.50. The molecule has 13 heavy (non-hydrogen) atoms. The summed E-state index contributed by atoms with van der Waals surface area (Å²) >= 11 is 0. The Morgan fingerprint density at radius 3 is 2.15 bits per heavy atom. The fraction of sp³-hybridized carbons (Fsp3) is 0.714. The van der Waals surface area contributed by atoms with Crippen LogP contribution in [0.2, 0.25) is 0 Å². The number of hydrogen-bond acceptors (Lipinski definition) is 5. The molecule has 1 rings (SSSR count). The Morgan fingerprint density at radius 1 is 1.31 bits per heavy atom. The highest BCUT2D eigenvalue weighted by molar-refractivity contribution is 5.21. The predicted molar refractivity (Wildman–Crippen MR) is 51.0 cm³/mol. The van der Waals surface area contributed by atoms with Gasteiger partial charge in [-0.1, -0.05) is 13.8 Å². The van der Waals surface area contributed by atoms with E-state index in [1.165, 1.54) is 4.68 Å². The molecule has 0 bridgehead atoms. The average Bonchev–Trinajstić information content (AvgIpc) is 2.47. The summed E-state index contributed by atoms with van der Waals surface area (Å²) < 4.78 is 1.24. The van der Waals surface area contributed by atoms with Crippen LogP contribution in [0.15, 0.2) is 0 Å². The Bertz CT molecular complexity index is 287. The van der Waals surface area contributed by atoms with Crippen molar-refractivity contribution in [2.75, 3.05) is 11.6 Å². The number of nitrogens with two attached hydrogens (primary N) is 3. The molecule has 0 amide bonds. The van der Waals surface area contributed by atoms with Gasteiger partial charge in [0.1, 0.15) is 0 Å². The molecular weight excluding hydrogens is 168 g/mol. The van der Waals surface area contributed by atoms with Crippen molar-refractivity contribution in [2.45, 2.75) is 32.2 Å². The summed E-state index contributed by atoms with van der Waals surface area (Å²) in [4.78, 5) is 0. The van der Waals surface area contributed by atoms with Gasteiger partial charge in [0.05, 0.1) is 5.54 Å². The Hall–Kier alpha value is -1.30. The molecule has 0 fully saturated rings. The van der Waals surface area contributed by atoms with E-state index in [0.717, 1.165) is 12.8 Å². The van der Waals surface area contributed by atoms with Crippen LogP contribution < -0.4 is 17.3 Å². The van der Waals surface area contributed by atoms with Crippen LogP contribution >= 0.6 is 0 Å². The fourth-order valence-corrected chi connectivity index (χ4v) is 1.21. The normalized spacial score (nSPS) is 11.9. The van der Waals surface area contributed by atoms with Crippen LogP contribution in [0.5, 0.6) is 0 Å². The maximum absolute atomic E-state index is 6.07. The van der Waals surface area contributed by atoms with E-state index in [1.807, 2.05) is 13.8 Å². The summed E-state index contributed by atoms with van der Waals surface area (Å²) in [7, 11) is 0. The summed E-state index contributed by atoms with van der Waals surface area (Å²) in [5, 5.41) is 7.53. The van der Waals surface area contributed by atoms with Crippen molar-refractivity contribution in [3.63, 3.8) is 0 Å². The second kappa shape index (κ2) is 3.21. The molecular formula is C7H16N6. The molecule has 0 aliphatic rings. The number of nitrogen functional groups attached to an aromatic ring is 2. The lowest BCUT2D eigenvalue weighted by Crippen LogP contribution is -2.39. The standard InChI is InChI=1S/C7H16N6/c1-3-7(9,4-2)5-11-12-6(8)13(5)10/h3-4,9-10H2,1-2H3,(H2,8,12). The molecule has 6 heteroatoms. The lowest BCUT2D eigenvalue weighted by molar-refractivity contribution is 0.379. The zero-order chi connectivity index (χ0) is 10.1. The quantitative estimate of drug-likeness (QED) is 0.551. The van der Waals surface area contributed by atoms with Crippen molar-refractivity contribution in [1.29, 1.82) is 0 Å². The van der Waals surface area contributed by atoms with Gasteiger partial charge in [-0.3, -0.25) is 0 Å². The number of anilines is 1. The van der Waals surface area contributed by atoms with E-state index in [4.69, 9.17) is 17.3 Å². The fourth-order valence-electron chi connectivity index (χ4n) is 1.21. The third-order valence-electron chi connectivity index (χ3n) is 2.43. The van der Waals surface area contributed by atoms with Gasteiger partial charge in [-0.05, 0) is 12.8 Å². The largest absolute Gasteiger partial charge is 0.366 e. The highest BCUT2D eigenvalue weighted by Crippen LogP contribution is 2.23. The maximum Gasteiger partial charge on any atom is 0.240 e. The average molecular weight is 184 g/mol. The molecule has 1 heterocycles. The second-order valence-electron chi connectivity index (χ2n) is 3.12. The monoisotopic (exact) mass is 184 g/mol. The molecule has 6 nitrogen and oxygen atoms in total. The first-order valence-electron chi connectivity index (χ1n) is 4.30.